The number of likely N-dealkylation sites (tertiary alicyclic amines) is 1. The number of nitrogens with one attached hydrogen (secondary N) is 2. The van der Waals surface area contributed by atoms with Crippen LogP contribution in [0.4, 0.5) is 10.1 Å². The molecule has 8 heteroatoms. The number of carbonyl (C=O) groups is 1. The maximum Gasteiger partial charge on any atom is 0.225 e. The predicted octanol–water partition coefficient (Wildman–Crippen LogP) is 3.62. The summed E-state index contributed by atoms with van der Waals surface area (Å²) in [5.41, 5.74) is 0.615. The largest absolute Gasteiger partial charge is 0.372 e. The van der Waals surface area contributed by atoms with Crippen molar-refractivity contribution in [1.29, 1.82) is 0 Å². The zero-order valence-corrected chi connectivity index (χ0v) is 21.1. The van der Waals surface area contributed by atoms with Crippen LogP contribution in [0.2, 0.25) is 0 Å². The van der Waals surface area contributed by atoms with E-state index < -0.39 is 0 Å². The number of para-hydroxylation sites is 1. The Balaban J connectivity index is 0.00000341. The van der Waals surface area contributed by atoms with Gasteiger partial charge in [0, 0.05) is 51.7 Å². The minimum absolute atomic E-state index is 0. The fourth-order valence-corrected chi connectivity index (χ4v) is 4.40. The molecule has 174 valence electrons. The number of halogens is 2. The first kappa shape index (κ1) is 25.7. The van der Waals surface area contributed by atoms with E-state index in [0.717, 1.165) is 57.8 Å². The standard InChI is InChI=1S/C23H36FN5O.HI/c1-3-25-23(26-14-8-15-28(2)21-12-7-6-11-20(21)24)27-19-13-16-29(17-19)22(30)18-9-4-5-10-18;/h6-7,11-12,18-19H,3-5,8-10,13-17H2,1-2H3,(H2,25,26,27);1H. The summed E-state index contributed by atoms with van der Waals surface area (Å²) < 4.78 is 13.9. The van der Waals surface area contributed by atoms with Crippen LogP contribution < -0.4 is 15.5 Å². The van der Waals surface area contributed by atoms with Gasteiger partial charge in [0.2, 0.25) is 5.91 Å². The van der Waals surface area contributed by atoms with Crippen LogP contribution in [0, 0.1) is 11.7 Å². The number of aliphatic imine (C=N–C) groups is 1. The highest BCUT2D eigenvalue weighted by Crippen LogP contribution is 2.27. The maximum absolute atomic E-state index is 13.9. The molecule has 1 amide bonds. The van der Waals surface area contributed by atoms with Crippen LogP contribution in [-0.4, -0.2) is 62.6 Å². The summed E-state index contributed by atoms with van der Waals surface area (Å²) in [5.74, 6) is 1.19. The summed E-state index contributed by atoms with van der Waals surface area (Å²) in [4.78, 5) is 21.3. The molecule has 1 heterocycles. The van der Waals surface area contributed by atoms with Crippen LogP contribution in [0.25, 0.3) is 0 Å². The van der Waals surface area contributed by atoms with Crippen molar-refractivity contribution in [2.75, 3.05) is 44.7 Å². The van der Waals surface area contributed by atoms with E-state index in [2.05, 4.69) is 15.6 Å². The second-order valence-corrected chi connectivity index (χ2v) is 8.38. The first-order valence-electron chi connectivity index (χ1n) is 11.4. The van der Waals surface area contributed by atoms with Crippen LogP contribution in [-0.2, 0) is 4.79 Å². The number of amides is 1. The van der Waals surface area contributed by atoms with Gasteiger partial charge in [-0.05, 0) is 44.7 Å². The normalized spacial score (nSPS) is 19.3. The van der Waals surface area contributed by atoms with Crippen molar-refractivity contribution >= 4 is 41.5 Å². The van der Waals surface area contributed by atoms with E-state index in [-0.39, 0.29) is 41.8 Å². The smallest absolute Gasteiger partial charge is 0.225 e. The van der Waals surface area contributed by atoms with Crippen molar-refractivity contribution < 1.29 is 9.18 Å². The molecule has 2 aliphatic rings. The highest BCUT2D eigenvalue weighted by molar-refractivity contribution is 14.0. The Morgan fingerprint density at radius 2 is 2.00 bits per heavy atom. The maximum atomic E-state index is 13.9. The second kappa shape index (κ2) is 13.1. The lowest BCUT2D eigenvalue weighted by molar-refractivity contribution is -0.134. The van der Waals surface area contributed by atoms with Gasteiger partial charge >= 0.3 is 0 Å². The Kier molecular flexibility index (Phi) is 10.8. The van der Waals surface area contributed by atoms with E-state index in [1.165, 1.54) is 18.9 Å². The van der Waals surface area contributed by atoms with E-state index in [9.17, 15) is 9.18 Å². The zero-order valence-electron chi connectivity index (χ0n) is 18.8. The van der Waals surface area contributed by atoms with Gasteiger partial charge in [-0.3, -0.25) is 9.79 Å². The van der Waals surface area contributed by atoms with Crippen LogP contribution in [0.1, 0.15) is 45.4 Å². The Hall–Kier alpha value is -1.58. The monoisotopic (exact) mass is 545 g/mol. The van der Waals surface area contributed by atoms with Crippen molar-refractivity contribution in [2.24, 2.45) is 10.9 Å². The molecule has 6 nitrogen and oxygen atoms in total. The van der Waals surface area contributed by atoms with Crippen molar-refractivity contribution in [3.63, 3.8) is 0 Å². The first-order chi connectivity index (χ1) is 14.6. The number of hydrogen-bond donors (Lipinski definition) is 2. The van der Waals surface area contributed by atoms with Gasteiger partial charge < -0.3 is 20.4 Å². The summed E-state index contributed by atoms with van der Waals surface area (Å²) in [6, 6.07) is 7.08. The zero-order chi connectivity index (χ0) is 21.3. The van der Waals surface area contributed by atoms with E-state index in [1.54, 1.807) is 12.1 Å². The summed E-state index contributed by atoms with van der Waals surface area (Å²) in [7, 11) is 1.90. The van der Waals surface area contributed by atoms with Gasteiger partial charge in [0.25, 0.3) is 0 Å². The summed E-state index contributed by atoms with van der Waals surface area (Å²) in [5, 5.41) is 6.79. The first-order valence-corrected chi connectivity index (χ1v) is 11.4. The van der Waals surface area contributed by atoms with E-state index in [4.69, 9.17) is 0 Å². The average Bonchev–Trinajstić information content (AvgIpc) is 3.43. The molecule has 2 N–H and O–H groups in total. The summed E-state index contributed by atoms with van der Waals surface area (Å²) in [6.07, 6.45) is 6.28. The summed E-state index contributed by atoms with van der Waals surface area (Å²) in [6.45, 7) is 5.82. The Morgan fingerprint density at radius 1 is 1.26 bits per heavy atom. The molecule has 1 atom stereocenters. The van der Waals surface area contributed by atoms with Gasteiger partial charge in [-0.2, -0.15) is 0 Å². The molecule has 0 spiro atoms. The number of rotatable bonds is 8. The van der Waals surface area contributed by atoms with Crippen LogP contribution in [0.3, 0.4) is 0 Å². The quantitative estimate of drug-likeness (QED) is 0.227. The molecule has 1 aliphatic carbocycles. The van der Waals surface area contributed by atoms with Crippen LogP contribution in [0.5, 0.6) is 0 Å². The number of nitrogens with zero attached hydrogens (tertiary/aromatic N) is 3. The third kappa shape index (κ3) is 7.50. The lowest BCUT2D eigenvalue weighted by Crippen LogP contribution is -2.45. The number of hydrogen-bond acceptors (Lipinski definition) is 3. The molecule has 1 aromatic carbocycles. The second-order valence-electron chi connectivity index (χ2n) is 8.38. The van der Waals surface area contributed by atoms with Crippen molar-refractivity contribution in [3.8, 4) is 0 Å². The Labute approximate surface area is 203 Å². The molecular weight excluding hydrogens is 508 g/mol. The van der Waals surface area contributed by atoms with Gasteiger partial charge in [0.1, 0.15) is 5.82 Å². The van der Waals surface area contributed by atoms with Gasteiger partial charge in [-0.15, -0.1) is 24.0 Å². The fourth-order valence-electron chi connectivity index (χ4n) is 4.40. The Bertz CT molecular complexity index is 726. The van der Waals surface area contributed by atoms with Gasteiger partial charge in [-0.1, -0.05) is 25.0 Å². The third-order valence-electron chi connectivity index (χ3n) is 6.07. The highest BCUT2D eigenvalue weighted by atomic mass is 127. The molecule has 0 aromatic heterocycles. The summed E-state index contributed by atoms with van der Waals surface area (Å²) >= 11 is 0. The minimum Gasteiger partial charge on any atom is -0.372 e. The lowest BCUT2D eigenvalue weighted by Gasteiger charge is -2.22. The SMILES string of the molecule is CCNC(=NCCCN(C)c1ccccc1F)NC1CCN(C(=O)C2CCCC2)C1.I. The molecule has 0 bridgehead atoms. The minimum atomic E-state index is -0.198. The highest BCUT2D eigenvalue weighted by Gasteiger charge is 2.32. The average molecular weight is 545 g/mol. The van der Waals surface area contributed by atoms with Crippen molar-refractivity contribution in [1.82, 2.24) is 15.5 Å². The molecule has 1 saturated carbocycles. The molecule has 0 radical (unpaired) electrons. The molecule has 3 rings (SSSR count). The van der Waals surface area contributed by atoms with E-state index in [0.29, 0.717) is 18.1 Å². The van der Waals surface area contributed by atoms with Gasteiger partial charge in [0.05, 0.1) is 5.69 Å². The predicted molar refractivity (Wildman–Crippen MR) is 136 cm³/mol. The third-order valence-corrected chi connectivity index (χ3v) is 6.07. The van der Waals surface area contributed by atoms with Crippen molar-refractivity contribution in [2.45, 2.75) is 51.5 Å². The lowest BCUT2D eigenvalue weighted by atomic mass is 10.1. The fraction of sp³-hybridized carbons (Fsp3) is 0.652. The molecule has 2 fully saturated rings. The van der Waals surface area contributed by atoms with E-state index in [1.807, 2.05) is 29.8 Å². The van der Waals surface area contributed by atoms with Crippen molar-refractivity contribution in [3.05, 3.63) is 30.1 Å². The molecule has 31 heavy (non-hydrogen) atoms. The number of guanidine groups is 1. The number of anilines is 1. The van der Waals surface area contributed by atoms with Gasteiger partial charge in [-0.25, -0.2) is 4.39 Å². The number of carbonyl (C=O) groups excluding carboxylic acids is 1. The van der Waals surface area contributed by atoms with Gasteiger partial charge in [0.15, 0.2) is 5.96 Å². The topological polar surface area (TPSA) is 60.0 Å². The molecule has 1 aromatic rings. The van der Waals surface area contributed by atoms with Crippen LogP contribution >= 0.6 is 24.0 Å². The molecule has 1 unspecified atom stereocenters. The molecule has 1 aliphatic heterocycles. The molecule has 1 saturated heterocycles. The molecular formula is C23H37FIN5O. The van der Waals surface area contributed by atoms with Crippen LogP contribution in [0.15, 0.2) is 29.3 Å². The Morgan fingerprint density at radius 3 is 2.71 bits per heavy atom. The van der Waals surface area contributed by atoms with E-state index >= 15 is 0 Å². The number of benzene rings is 1.